The Labute approximate surface area is 115 Å². The molecule has 1 unspecified atom stereocenters. The SMILES string of the molecule is CNC(C)c1csc(N(C)CC2CCCCC2)n1. The Hall–Kier alpha value is -0.610. The molecule has 1 aliphatic carbocycles. The zero-order chi connectivity index (χ0) is 13.0. The topological polar surface area (TPSA) is 28.2 Å². The first-order chi connectivity index (χ1) is 8.70. The molecular formula is C14H25N3S. The average Bonchev–Trinajstić information content (AvgIpc) is 2.88. The Morgan fingerprint density at radius 3 is 2.83 bits per heavy atom. The lowest BCUT2D eigenvalue weighted by Gasteiger charge is -2.26. The Morgan fingerprint density at radius 2 is 2.17 bits per heavy atom. The van der Waals surface area contributed by atoms with Gasteiger partial charge in [-0.15, -0.1) is 11.3 Å². The lowest BCUT2D eigenvalue weighted by atomic mass is 9.89. The van der Waals surface area contributed by atoms with E-state index in [-0.39, 0.29) is 0 Å². The third-order valence-corrected chi connectivity index (χ3v) is 4.94. The standard InChI is InChI=1S/C14H25N3S/c1-11(15-2)13-10-18-14(16-13)17(3)9-12-7-5-4-6-8-12/h10-12,15H,4-9H2,1-3H3. The van der Waals surface area contributed by atoms with Gasteiger partial charge in [0.05, 0.1) is 5.69 Å². The molecule has 0 spiro atoms. The third kappa shape index (κ3) is 3.45. The van der Waals surface area contributed by atoms with Crippen molar-refractivity contribution in [3.05, 3.63) is 11.1 Å². The van der Waals surface area contributed by atoms with Crippen LogP contribution < -0.4 is 10.2 Å². The van der Waals surface area contributed by atoms with E-state index in [0.29, 0.717) is 6.04 Å². The van der Waals surface area contributed by atoms with E-state index in [9.17, 15) is 0 Å². The Morgan fingerprint density at radius 1 is 1.44 bits per heavy atom. The summed E-state index contributed by atoms with van der Waals surface area (Å²) in [5, 5.41) is 6.58. The van der Waals surface area contributed by atoms with Crippen molar-refractivity contribution in [1.82, 2.24) is 10.3 Å². The highest BCUT2D eigenvalue weighted by Crippen LogP contribution is 2.28. The molecule has 102 valence electrons. The van der Waals surface area contributed by atoms with Crippen molar-refractivity contribution >= 4 is 16.5 Å². The van der Waals surface area contributed by atoms with Crippen LogP contribution in [0.1, 0.15) is 50.8 Å². The first-order valence-electron chi connectivity index (χ1n) is 7.04. The maximum Gasteiger partial charge on any atom is 0.185 e. The Kier molecular flexibility index (Phi) is 5.01. The van der Waals surface area contributed by atoms with E-state index in [1.54, 1.807) is 11.3 Å². The molecule has 1 N–H and O–H groups in total. The molecule has 0 amide bonds. The maximum atomic E-state index is 4.73. The van der Waals surface area contributed by atoms with Gasteiger partial charge >= 0.3 is 0 Å². The third-order valence-electron chi connectivity index (χ3n) is 3.97. The second-order valence-corrected chi connectivity index (χ2v) is 6.29. The second-order valence-electron chi connectivity index (χ2n) is 5.45. The highest BCUT2D eigenvalue weighted by molar-refractivity contribution is 7.13. The highest BCUT2D eigenvalue weighted by atomic mass is 32.1. The van der Waals surface area contributed by atoms with Gasteiger partial charge in [0.1, 0.15) is 0 Å². The molecule has 4 heteroatoms. The van der Waals surface area contributed by atoms with E-state index >= 15 is 0 Å². The number of aromatic nitrogens is 1. The minimum absolute atomic E-state index is 0.345. The van der Waals surface area contributed by atoms with Crippen molar-refractivity contribution in [1.29, 1.82) is 0 Å². The molecule has 0 aliphatic heterocycles. The van der Waals surface area contributed by atoms with Crippen LogP contribution in [-0.4, -0.2) is 25.6 Å². The number of nitrogens with zero attached hydrogens (tertiary/aromatic N) is 2. The molecule has 0 aromatic carbocycles. The van der Waals surface area contributed by atoms with Crippen LogP contribution in [0.15, 0.2) is 5.38 Å². The predicted molar refractivity (Wildman–Crippen MR) is 79.4 cm³/mol. The van der Waals surface area contributed by atoms with Crippen LogP contribution in [0.3, 0.4) is 0 Å². The molecule has 0 bridgehead atoms. The molecule has 1 aromatic heterocycles. The van der Waals surface area contributed by atoms with E-state index in [1.165, 1.54) is 38.6 Å². The summed E-state index contributed by atoms with van der Waals surface area (Å²) in [6, 6.07) is 0.345. The van der Waals surface area contributed by atoms with Gasteiger partial charge in [-0.25, -0.2) is 4.98 Å². The van der Waals surface area contributed by atoms with E-state index in [2.05, 4.69) is 29.6 Å². The van der Waals surface area contributed by atoms with E-state index in [1.807, 2.05) is 7.05 Å². The molecule has 1 saturated carbocycles. The summed E-state index contributed by atoms with van der Waals surface area (Å²) in [5.41, 5.74) is 1.16. The van der Waals surface area contributed by atoms with Crippen LogP contribution in [0, 0.1) is 5.92 Å². The molecule has 0 saturated heterocycles. The van der Waals surface area contributed by atoms with E-state index in [4.69, 9.17) is 4.98 Å². The summed E-state index contributed by atoms with van der Waals surface area (Å²) >= 11 is 1.76. The fourth-order valence-electron chi connectivity index (χ4n) is 2.63. The summed E-state index contributed by atoms with van der Waals surface area (Å²) in [6.45, 7) is 3.32. The van der Waals surface area contributed by atoms with Gasteiger partial charge in [-0.3, -0.25) is 0 Å². The van der Waals surface area contributed by atoms with Gasteiger partial charge in [-0.2, -0.15) is 0 Å². The van der Waals surface area contributed by atoms with Crippen LogP contribution >= 0.6 is 11.3 Å². The van der Waals surface area contributed by atoms with Crippen LogP contribution in [0.4, 0.5) is 5.13 Å². The van der Waals surface area contributed by atoms with Crippen LogP contribution in [-0.2, 0) is 0 Å². The number of thiazole rings is 1. The quantitative estimate of drug-likeness (QED) is 0.886. The smallest absolute Gasteiger partial charge is 0.185 e. The lowest BCUT2D eigenvalue weighted by Crippen LogP contribution is -2.26. The average molecular weight is 267 g/mol. The van der Waals surface area contributed by atoms with Crippen LogP contribution in [0.25, 0.3) is 0 Å². The van der Waals surface area contributed by atoms with Crippen molar-refractivity contribution < 1.29 is 0 Å². The first kappa shape index (κ1) is 13.8. The minimum Gasteiger partial charge on any atom is -0.351 e. The molecule has 1 aliphatic rings. The first-order valence-corrected chi connectivity index (χ1v) is 7.92. The molecule has 1 heterocycles. The van der Waals surface area contributed by atoms with Gasteiger partial charge in [0.15, 0.2) is 5.13 Å². The minimum atomic E-state index is 0.345. The van der Waals surface area contributed by atoms with Crippen LogP contribution in [0.2, 0.25) is 0 Å². The molecule has 18 heavy (non-hydrogen) atoms. The van der Waals surface area contributed by atoms with E-state index < -0.39 is 0 Å². The van der Waals surface area contributed by atoms with Crippen molar-refractivity contribution in [2.75, 3.05) is 25.5 Å². The van der Waals surface area contributed by atoms with Gasteiger partial charge in [-0.1, -0.05) is 19.3 Å². The zero-order valence-corrected chi connectivity index (χ0v) is 12.6. The van der Waals surface area contributed by atoms with Gasteiger partial charge in [0.25, 0.3) is 0 Å². The fourth-order valence-corrected chi connectivity index (χ4v) is 3.53. The second kappa shape index (κ2) is 6.53. The number of anilines is 1. The number of nitrogens with one attached hydrogen (secondary N) is 1. The molecule has 1 aromatic rings. The maximum absolute atomic E-state index is 4.73. The number of rotatable bonds is 5. The predicted octanol–water partition coefficient (Wildman–Crippen LogP) is 3.44. The van der Waals surface area contributed by atoms with Gasteiger partial charge < -0.3 is 10.2 Å². The van der Waals surface area contributed by atoms with Gasteiger partial charge in [-0.05, 0) is 32.7 Å². The van der Waals surface area contributed by atoms with Crippen molar-refractivity contribution in [2.24, 2.45) is 5.92 Å². The van der Waals surface area contributed by atoms with E-state index in [0.717, 1.165) is 16.7 Å². The summed E-state index contributed by atoms with van der Waals surface area (Å²) in [6.07, 6.45) is 7.06. The Bertz CT molecular complexity index is 358. The molecule has 0 radical (unpaired) electrons. The highest BCUT2D eigenvalue weighted by Gasteiger charge is 2.17. The molecule has 1 atom stereocenters. The van der Waals surface area contributed by atoms with Crippen LogP contribution in [0.5, 0.6) is 0 Å². The summed E-state index contributed by atoms with van der Waals surface area (Å²) < 4.78 is 0. The normalized spacial score (nSPS) is 18.8. The van der Waals surface area contributed by atoms with Crippen molar-refractivity contribution in [2.45, 2.75) is 45.1 Å². The van der Waals surface area contributed by atoms with Gasteiger partial charge in [0.2, 0.25) is 0 Å². The number of hydrogen-bond donors (Lipinski definition) is 1. The summed E-state index contributed by atoms with van der Waals surface area (Å²) in [4.78, 5) is 7.07. The number of hydrogen-bond acceptors (Lipinski definition) is 4. The molecule has 1 fully saturated rings. The fraction of sp³-hybridized carbons (Fsp3) is 0.786. The summed E-state index contributed by atoms with van der Waals surface area (Å²) in [5.74, 6) is 0.873. The largest absolute Gasteiger partial charge is 0.351 e. The molecule has 3 nitrogen and oxygen atoms in total. The Balaban J connectivity index is 1.91. The zero-order valence-electron chi connectivity index (χ0n) is 11.8. The lowest BCUT2D eigenvalue weighted by molar-refractivity contribution is 0.362. The molecule has 2 rings (SSSR count). The monoisotopic (exact) mass is 267 g/mol. The molecular weight excluding hydrogens is 242 g/mol. The van der Waals surface area contributed by atoms with Crippen molar-refractivity contribution in [3.8, 4) is 0 Å². The summed E-state index contributed by atoms with van der Waals surface area (Å²) in [7, 11) is 4.16. The van der Waals surface area contributed by atoms with Gasteiger partial charge in [0, 0.05) is 25.0 Å². The van der Waals surface area contributed by atoms with Crippen molar-refractivity contribution in [3.63, 3.8) is 0 Å².